The van der Waals surface area contributed by atoms with Crippen LogP contribution in [0.4, 0.5) is 0 Å². The number of pyridine rings is 1. The van der Waals surface area contributed by atoms with E-state index in [0.717, 1.165) is 0 Å². The molecule has 0 fully saturated rings. The maximum absolute atomic E-state index is 9.47. The standard InChI is InChI=1S/C5H5N.C5H9O2/c1-2-4-6-5-3-1;1-5(2,3)7-4-6/h1-5H;1-3H3. The molecule has 1 aromatic heterocycles. The number of carbonyl (C=O) groups excluding carboxylic acids is 1. The summed E-state index contributed by atoms with van der Waals surface area (Å²) in [6.07, 6.45) is 3.50. The monoisotopic (exact) mass is 180 g/mol. The summed E-state index contributed by atoms with van der Waals surface area (Å²) >= 11 is 0. The smallest absolute Gasteiger partial charge is 0.418 e. The Hall–Kier alpha value is -1.38. The molecule has 3 nitrogen and oxygen atoms in total. The minimum Gasteiger partial charge on any atom is -0.452 e. The van der Waals surface area contributed by atoms with E-state index in [1.807, 2.05) is 18.2 Å². The summed E-state index contributed by atoms with van der Waals surface area (Å²) in [6, 6.07) is 5.72. The topological polar surface area (TPSA) is 39.2 Å². The van der Waals surface area contributed by atoms with Crippen LogP contribution in [0.5, 0.6) is 0 Å². The molecule has 0 saturated heterocycles. The van der Waals surface area contributed by atoms with Gasteiger partial charge in [0.05, 0.1) is 0 Å². The van der Waals surface area contributed by atoms with Crippen molar-refractivity contribution in [1.82, 2.24) is 4.98 Å². The first kappa shape index (κ1) is 11.6. The second-order valence-electron chi connectivity index (χ2n) is 3.32. The highest BCUT2D eigenvalue weighted by Gasteiger charge is 2.08. The first-order valence-electron chi connectivity index (χ1n) is 3.96. The Balaban J connectivity index is 0.000000223. The lowest BCUT2D eigenvalue weighted by atomic mass is 10.2. The van der Waals surface area contributed by atoms with Crippen molar-refractivity contribution < 1.29 is 9.53 Å². The molecule has 0 aliphatic rings. The molecule has 0 atom stereocenters. The summed E-state index contributed by atoms with van der Waals surface area (Å²) in [6.45, 7) is 6.73. The van der Waals surface area contributed by atoms with E-state index >= 15 is 0 Å². The fraction of sp³-hybridized carbons (Fsp3) is 0.400. The fourth-order valence-corrected chi connectivity index (χ4v) is 0.438. The third kappa shape index (κ3) is 10.6. The van der Waals surface area contributed by atoms with Gasteiger partial charge in [-0.1, -0.05) is 6.07 Å². The van der Waals surface area contributed by atoms with Gasteiger partial charge in [-0.05, 0) is 32.9 Å². The molecule has 1 heterocycles. The van der Waals surface area contributed by atoms with Crippen molar-refractivity contribution in [1.29, 1.82) is 0 Å². The van der Waals surface area contributed by atoms with E-state index < -0.39 is 0 Å². The lowest BCUT2D eigenvalue weighted by Gasteiger charge is -2.13. The molecule has 71 valence electrons. The van der Waals surface area contributed by atoms with E-state index in [-0.39, 0.29) is 5.60 Å². The van der Waals surface area contributed by atoms with Crippen molar-refractivity contribution >= 4 is 6.47 Å². The normalized spacial score (nSPS) is 9.46. The van der Waals surface area contributed by atoms with Crippen LogP contribution in [0.25, 0.3) is 0 Å². The van der Waals surface area contributed by atoms with Gasteiger partial charge in [0.1, 0.15) is 5.60 Å². The zero-order valence-corrected chi connectivity index (χ0v) is 8.15. The summed E-state index contributed by atoms with van der Waals surface area (Å²) in [4.78, 5) is 13.3. The van der Waals surface area contributed by atoms with Crippen molar-refractivity contribution in [2.45, 2.75) is 26.4 Å². The Kier molecular flexibility index (Phi) is 5.52. The van der Waals surface area contributed by atoms with E-state index in [2.05, 4.69) is 9.72 Å². The van der Waals surface area contributed by atoms with Crippen molar-refractivity contribution in [2.75, 3.05) is 0 Å². The fourth-order valence-electron chi connectivity index (χ4n) is 0.438. The lowest BCUT2D eigenvalue weighted by Crippen LogP contribution is -2.17. The molecule has 1 aromatic rings. The van der Waals surface area contributed by atoms with Gasteiger partial charge in [-0.15, -0.1) is 0 Å². The maximum Gasteiger partial charge on any atom is 0.418 e. The van der Waals surface area contributed by atoms with E-state index in [4.69, 9.17) is 0 Å². The second-order valence-corrected chi connectivity index (χ2v) is 3.32. The highest BCUT2D eigenvalue weighted by atomic mass is 16.5. The van der Waals surface area contributed by atoms with Gasteiger partial charge >= 0.3 is 6.47 Å². The molecule has 0 aromatic carbocycles. The Morgan fingerprint density at radius 2 is 1.69 bits per heavy atom. The number of rotatable bonds is 1. The quantitative estimate of drug-likeness (QED) is 0.663. The van der Waals surface area contributed by atoms with Crippen LogP contribution in [0.1, 0.15) is 20.8 Å². The van der Waals surface area contributed by atoms with Gasteiger partial charge < -0.3 is 4.74 Å². The number of aromatic nitrogens is 1. The average molecular weight is 180 g/mol. The molecule has 0 bridgehead atoms. The molecular weight excluding hydrogens is 166 g/mol. The average Bonchev–Trinajstić information content (AvgIpc) is 2.06. The summed E-state index contributed by atoms with van der Waals surface area (Å²) < 4.78 is 4.42. The van der Waals surface area contributed by atoms with Crippen LogP contribution >= 0.6 is 0 Å². The highest BCUT2D eigenvalue weighted by molar-refractivity contribution is 5.39. The summed E-state index contributed by atoms with van der Waals surface area (Å²) in [5.41, 5.74) is -0.373. The molecule has 1 radical (unpaired) electrons. The van der Waals surface area contributed by atoms with Crippen molar-refractivity contribution in [3.05, 3.63) is 30.6 Å². The molecule has 3 heteroatoms. The van der Waals surface area contributed by atoms with Gasteiger partial charge in [0.15, 0.2) is 0 Å². The van der Waals surface area contributed by atoms with Crippen LogP contribution in [0, 0.1) is 0 Å². The highest BCUT2D eigenvalue weighted by Crippen LogP contribution is 2.02. The van der Waals surface area contributed by atoms with Crippen molar-refractivity contribution in [3.8, 4) is 0 Å². The largest absolute Gasteiger partial charge is 0.452 e. The molecule has 0 N–H and O–H groups in total. The number of nitrogens with zero attached hydrogens (tertiary/aromatic N) is 1. The van der Waals surface area contributed by atoms with Gasteiger partial charge in [0, 0.05) is 12.4 Å². The lowest BCUT2D eigenvalue weighted by molar-refractivity contribution is 0.109. The summed E-state index contributed by atoms with van der Waals surface area (Å²) in [5, 5.41) is 0. The zero-order valence-electron chi connectivity index (χ0n) is 8.15. The first-order valence-corrected chi connectivity index (χ1v) is 3.96. The van der Waals surface area contributed by atoms with Crippen LogP contribution in [0.15, 0.2) is 30.6 Å². The van der Waals surface area contributed by atoms with Crippen LogP contribution in [0.2, 0.25) is 0 Å². The number of hydrogen-bond donors (Lipinski definition) is 0. The van der Waals surface area contributed by atoms with Gasteiger partial charge in [0.25, 0.3) is 0 Å². The molecule has 1 rings (SSSR count). The van der Waals surface area contributed by atoms with Gasteiger partial charge in [0.2, 0.25) is 0 Å². The zero-order chi connectivity index (χ0) is 10.2. The molecule has 0 amide bonds. The predicted octanol–water partition coefficient (Wildman–Crippen LogP) is 1.95. The predicted molar refractivity (Wildman–Crippen MR) is 50.8 cm³/mol. The van der Waals surface area contributed by atoms with Crippen molar-refractivity contribution in [3.63, 3.8) is 0 Å². The summed E-state index contributed by atoms with van der Waals surface area (Å²) in [5.74, 6) is 0. The number of hydrogen-bond acceptors (Lipinski definition) is 3. The van der Waals surface area contributed by atoms with E-state index in [9.17, 15) is 4.79 Å². The van der Waals surface area contributed by atoms with E-state index in [1.54, 1.807) is 33.2 Å². The van der Waals surface area contributed by atoms with Crippen molar-refractivity contribution in [2.24, 2.45) is 0 Å². The third-order valence-corrected chi connectivity index (χ3v) is 0.914. The number of ether oxygens (including phenoxy) is 1. The minimum atomic E-state index is -0.373. The van der Waals surface area contributed by atoms with Gasteiger partial charge in [-0.2, -0.15) is 0 Å². The SMILES string of the molecule is CC(C)(C)O[C]=O.c1ccncc1. The Bertz CT molecular complexity index is 189. The van der Waals surface area contributed by atoms with Crippen LogP contribution in [0.3, 0.4) is 0 Å². The maximum atomic E-state index is 9.47. The first-order chi connectivity index (χ1) is 6.06. The van der Waals surface area contributed by atoms with Gasteiger partial charge in [-0.3, -0.25) is 4.98 Å². The summed E-state index contributed by atoms with van der Waals surface area (Å²) in [7, 11) is 0. The van der Waals surface area contributed by atoms with Crippen LogP contribution in [-0.2, 0) is 9.53 Å². The van der Waals surface area contributed by atoms with Crippen LogP contribution in [-0.4, -0.2) is 17.1 Å². The Morgan fingerprint density at radius 1 is 1.15 bits per heavy atom. The van der Waals surface area contributed by atoms with Crippen LogP contribution < -0.4 is 0 Å². The molecule has 13 heavy (non-hydrogen) atoms. The Labute approximate surface area is 78.8 Å². The molecule has 0 aliphatic heterocycles. The third-order valence-electron chi connectivity index (χ3n) is 0.914. The Morgan fingerprint density at radius 3 is 1.77 bits per heavy atom. The van der Waals surface area contributed by atoms with Gasteiger partial charge in [-0.25, -0.2) is 4.79 Å². The molecular formula is C10H14NO2. The minimum absolute atomic E-state index is 0.373. The van der Waals surface area contributed by atoms with E-state index in [1.165, 1.54) is 6.47 Å². The molecule has 0 spiro atoms. The second kappa shape index (κ2) is 6.17. The molecule has 0 saturated carbocycles. The molecule has 0 unspecified atom stereocenters. The van der Waals surface area contributed by atoms with E-state index in [0.29, 0.717) is 0 Å². The molecule has 0 aliphatic carbocycles.